The van der Waals surface area contributed by atoms with Crippen molar-refractivity contribution in [2.45, 2.75) is 13.3 Å². The molecular weight excluding hydrogens is 218 g/mol. The first kappa shape index (κ1) is 12.3. The Labute approximate surface area is 91.3 Å². The van der Waals surface area contributed by atoms with Gasteiger partial charge in [0.25, 0.3) is 12.3 Å². The molecule has 0 fully saturated rings. The van der Waals surface area contributed by atoms with Crippen LogP contribution in [0.2, 0.25) is 0 Å². The summed E-state index contributed by atoms with van der Waals surface area (Å²) in [6.45, 7) is 1.89. The van der Waals surface area contributed by atoms with Crippen molar-refractivity contribution in [3.63, 3.8) is 0 Å². The second-order valence-electron chi connectivity index (χ2n) is 2.94. The molecule has 7 heteroatoms. The third-order valence-corrected chi connectivity index (χ3v) is 1.67. The Morgan fingerprint density at radius 1 is 1.44 bits per heavy atom. The van der Waals surface area contributed by atoms with Gasteiger partial charge in [0, 0.05) is 6.54 Å². The Morgan fingerprint density at radius 3 is 2.69 bits per heavy atom. The van der Waals surface area contributed by atoms with Gasteiger partial charge in [-0.25, -0.2) is 8.78 Å². The van der Waals surface area contributed by atoms with Crippen LogP contribution in [0.5, 0.6) is 0 Å². The molecule has 0 radical (unpaired) electrons. The minimum Gasteiger partial charge on any atom is -0.369 e. The Bertz CT molecular complexity index is 342. The smallest absolute Gasteiger partial charge is 0.271 e. The van der Waals surface area contributed by atoms with Crippen molar-refractivity contribution in [3.05, 3.63) is 17.8 Å². The molecule has 1 amide bonds. The zero-order chi connectivity index (χ0) is 12.0. The first-order valence-electron chi connectivity index (χ1n) is 4.77. The molecule has 1 aromatic heterocycles. The number of carbonyl (C=O) groups is 1. The van der Waals surface area contributed by atoms with Crippen LogP contribution >= 0.6 is 0 Å². The first-order chi connectivity index (χ1) is 7.63. The first-order valence-corrected chi connectivity index (χ1v) is 4.77. The number of anilines is 1. The fourth-order valence-electron chi connectivity index (χ4n) is 0.989. The molecule has 0 atom stereocenters. The van der Waals surface area contributed by atoms with Crippen LogP contribution in [0.25, 0.3) is 0 Å². The monoisotopic (exact) mass is 230 g/mol. The van der Waals surface area contributed by atoms with E-state index in [0.717, 1.165) is 0 Å². The highest BCUT2D eigenvalue weighted by atomic mass is 19.3. The number of aromatic nitrogens is 2. The van der Waals surface area contributed by atoms with Gasteiger partial charge in [0.05, 0.1) is 6.54 Å². The number of nitrogens with one attached hydrogen (secondary N) is 2. The summed E-state index contributed by atoms with van der Waals surface area (Å²) in [5.41, 5.74) is 0.0160. The van der Waals surface area contributed by atoms with E-state index in [-0.39, 0.29) is 5.69 Å². The van der Waals surface area contributed by atoms with Gasteiger partial charge in [-0.1, -0.05) is 0 Å². The van der Waals surface area contributed by atoms with E-state index in [2.05, 4.69) is 15.5 Å². The summed E-state index contributed by atoms with van der Waals surface area (Å²) >= 11 is 0. The van der Waals surface area contributed by atoms with Crippen molar-refractivity contribution in [1.29, 1.82) is 0 Å². The summed E-state index contributed by atoms with van der Waals surface area (Å²) in [5, 5.41) is 12.2. The van der Waals surface area contributed by atoms with Crippen molar-refractivity contribution in [1.82, 2.24) is 15.5 Å². The summed E-state index contributed by atoms with van der Waals surface area (Å²) in [6, 6.07) is 2.99. The average molecular weight is 230 g/mol. The molecule has 1 rings (SSSR count). The summed E-state index contributed by atoms with van der Waals surface area (Å²) in [4.78, 5) is 11.3. The zero-order valence-electron chi connectivity index (χ0n) is 8.70. The van der Waals surface area contributed by atoms with Crippen LogP contribution in [-0.2, 0) is 0 Å². The van der Waals surface area contributed by atoms with E-state index in [0.29, 0.717) is 12.4 Å². The van der Waals surface area contributed by atoms with Crippen molar-refractivity contribution in [3.8, 4) is 0 Å². The van der Waals surface area contributed by atoms with Crippen LogP contribution < -0.4 is 10.6 Å². The fraction of sp³-hybridized carbons (Fsp3) is 0.444. The highest BCUT2D eigenvalue weighted by Gasteiger charge is 2.10. The maximum Gasteiger partial charge on any atom is 0.271 e. The Hall–Kier alpha value is -1.79. The minimum absolute atomic E-state index is 0.0160. The molecule has 2 N–H and O–H groups in total. The number of rotatable bonds is 5. The lowest BCUT2D eigenvalue weighted by Crippen LogP contribution is -2.29. The maximum absolute atomic E-state index is 11.8. The molecule has 1 aromatic rings. The summed E-state index contributed by atoms with van der Waals surface area (Å²) in [5.74, 6) is -0.122. The largest absolute Gasteiger partial charge is 0.369 e. The molecule has 0 saturated heterocycles. The van der Waals surface area contributed by atoms with E-state index in [9.17, 15) is 13.6 Å². The lowest BCUT2D eigenvalue weighted by atomic mass is 10.3. The third-order valence-electron chi connectivity index (χ3n) is 1.67. The number of hydrogen-bond acceptors (Lipinski definition) is 4. The van der Waals surface area contributed by atoms with Gasteiger partial charge in [-0.2, -0.15) is 0 Å². The van der Waals surface area contributed by atoms with Gasteiger partial charge >= 0.3 is 0 Å². The number of halogens is 2. The second kappa shape index (κ2) is 5.94. The number of amides is 1. The van der Waals surface area contributed by atoms with Gasteiger partial charge in [0.1, 0.15) is 5.82 Å². The molecule has 88 valence electrons. The molecule has 0 aliphatic heterocycles. The molecule has 0 spiro atoms. The second-order valence-corrected chi connectivity index (χ2v) is 2.94. The summed E-state index contributed by atoms with van der Waals surface area (Å²) in [6.07, 6.45) is -2.57. The SMILES string of the molecule is CCNc1ccc(C(=O)NCC(F)F)nn1. The number of nitrogens with zero attached hydrogens (tertiary/aromatic N) is 2. The third kappa shape index (κ3) is 3.76. The molecule has 0 aliphatic rings. The van der Waals surface area contributed by atoms with Crippen LogP contribution in [-0.4, -0.2) is 35.6 Å². The molecule has 0 bridgehead atoms. The van der Waals surface area contributed by atoms with Crippen LogP contribution in [0.15, 0.2) is 12.1 Å². The van der Waals surface area contributed by atoms with Crippen molar-refractivity contribution in [2.24, 2.45) is 0 Å². The molecule has 1 heterocycles. The molecule has 16 heavy (non-hydrogen) atoms. The van der Waals surface area contributed by atoms with E-state index in [1.54, 1.807) is 6.07 Å². The molecule has 0 saturated carbocycles. The van der Waals surface area contributed by atoms with Crippen molar-refractivity contribution >= 4 is 11.7 Å². The average Bonchev–Trinajstić information content (AvgIpc) is 2.27. The summed E-state index contributed by atoms with van der Waals surface area (Å²) < 4.78 is 23.6. The van der Waals surface area contributed by atoms with Crippen LogP contribution in [0.1, 0.15) is 17.4 Å². The lowest BCUT2D eigenvalue weighted by Gasteiger charge is -2.04. The van der Waals surface area contributed by atoms with E-state index < -0.39 is 18.9 Å². The van der Waals surface area contributed by atoms with Gasteiger partial charge in [0.15, 0.2) is 5.69 Å². The minimum atomic E-state index is -2.57. The Kier molecular flexibility index (Phi) is 4.56. The van der Waals surface area contributed by atoms with Gasteiger partial charge in [0.2, 0.25) is 0 Å². The van der Waals surface area contributed by atoms with Crippen LogP contribution in [0.4, 0.5) is 14.6 Å². The number of alkyl halides is 2. The lowest BCUT2D eigenvalue weighted by molar-refractivity contribution is 0.0886. The topological polar surface area (TPSA) is 66.9 Å². The van der Waals surface area contributed by atoms with E-state index in [1.165, 1.54) is 6.07 Å². The van der Waals surface area contributed by atoms with Crippen LogP contribution in [0, 0.1) is 0 Å². The van der Waals surface area contributed by atoms with E-state index in [4.69, 9.17) is 0 Å². The highest BCUT2D eigenvalue weighted by molar-refractivity contribution is 5.92. The number of carbonyl (C=O) groups excluding carboxylic acids is 1. The molecular formula is C9H12F2N4O. The summed E-state index contributed by atoms with van der Waals surface area (Å²) in [7, 11) is 0. The zero-order valence-corrected chi connectivity index (χ0v) is 8.70. The molecule has 0 aliphatic carbocycles. The van der Waals surface area contributed by atoms with E-state index >= 15 is 0 Å². The standard InChI is InChI=1S/C9H12F2N4O/c1-2-12-8-4-3-6(14-15-8)9(16)13-5-7(10)11/h3-4,7H,2,5H2,1H3,(H,12,15)(H,13,16). The normalized spacial score (nSPS) is 10.2. The number of hydrogen-bond donors (Lipinski definition) is 2. The molecule has 5 nitrogen and oxygen atoms in total. The maximum atomic E-state index is 11.8. The van der Waals surface area contributed by atoms with Gasteiger partial charge in [-0.05, 0) is 19.1 Å². The van der Waals surface area contributed by atoms with Crippen molar-refractivity contribution in [2.75, 3.05) is 18.4 Å². The molecule has 0 unspecified atom stereocenters. The van der Waals surface area contributed by atoms with Gasteiger partial charge < -0.3 is 10.6 Å². The quantitative estimate of drug-likeness (QED) is 0.788. The van der Waals surface area contributed by atoms with Crippen LogP contribution in [0.3, 0.4) is 0 Å². The van der Waals surface area contributed by atoms with Gasteiger partial charge in [-0.15, -0.1) is 10.2 Å². The van der Waals surface area contributed by atoms with Crippen molar-refractivity contribution < 1.29 is 13.6 Å². The van der Waals surface area contributed by atoms with E-state index in [1.807, 2.05) is 12.2 Å². The van der Waals surface area contributed by atoms with Gasteiger partial charge in [-0.3, -0.25) is 4.79 Å². The predicted molar refractivity (Wildman–Crippen MR) is 54.5 cm³/mol. The highest BCUT2D eigenvalue weighted by Crippen LogP contribution is 2.01. The Balaban J connectivity index is 2.56. The molecule has 0 aromatic carbocycles. The Morgan fingerprint density at radius 2 is 2.19 bits per heavy atom. The fourth-order valence-corrected chi connectivity index (χ4v) is 0.989. The predicted octanol–water partition coefficient (Wildman–Crippen LogP) is 0.903.